The number of hydrogen-bond acceptors (Lipinski definition) is 6. The van der Waals surface area contributed by atoms with Crippen molar-refractivity contribution in [1.82, 2.24) is 9.88 Å². The van der Waals surface area contributed by atoms with Gasteiger partial charge in [0.25, 0.3) is 0 Å². The Morgan fingerprint density at radius 3 is 2.70 bits per heavy atom. The minimum atomic E-state index is -0.483. The van der Waals surface area contributed by atoms with Crippen molar-refractivity contribution in [2.75, 3.05) is 13.1 Å². The predicted octanol–water partition coefficient (Wildman–Crippen LogP) is 5.26. The lowest BCUT2D eigenvalue weighted by Gasteiger charge is -2.32. The zero-order valence-corrected chi connectivity index (χ0v) is 18.2. The molecule has 1 amide bonds. The van der Waals surface area contributed by atoms with E-state index in [-0.39, 0.29) is 11.9 Å². The summed E-state index contributed by atoms with van der Waals surface area (Å²) in [5.74, 6) is 0.0300. The van der Waals surface area contributed by atoms with Crippen LogP contribution in [0.25, 0.3) is 0 Å². The number of halogens is 1. The van der Waals surface area contributed by atoms with E-state index >= 15 is 0 Å². The Labute approximate surface area is 179 Å². The van der Waals surface area contributed by atoms with Gasteiger partial charge in [-0.3, -0.25) is 0 Å². The number of carbonyl (C=O) groups excluding carboxylic acids is 1. The first kappa shape index (κ1) is 20.8. The van der Waals surface area contributed by atoms with Gasteiger partial charge in [0.15, 0.2) is 6.10 Å². The highest BCUT2D eigenvalue weighted by Crippen LogP contribution is 2.34. The van der Waals surface area contributed by atoms with Crippen LogP contribution in [-0.2, 0) is 9.57 Å². The van der Waals surface area contributed by atoms with E-state index in [4.69, 9.17) is 14.6 Å². The molecule has 1 aromatic heterocycles. The van der Waals surface area contributed by atoms with Gasteiger partial charge in [0, 0.05) is 36.4 Å². The van der Waals surface area contributed by atoms with Crippen LogP contribution in [-0.4, -0.2) is 40.4 Å². The van der Waals surface area contributed by atoms with Crippen molar-refractivity contribution < 1.29 is 18.8 Å². The number of ether oxygens (including phenoxy) is 1. The molecule has 0 aliphatic carbocycles. The third-order valence-corrected chi connectivity index (χ3v) is 6.24. The van der Waals surface area contributed by atoms with Gasteiger partial charge in [-0.2, -0.15) is 0 Å². The fourth-order valence-electron chi connectivity index (χ4n) is 3.67. The van der Waals surface area contributed by atoms with Gasteiger partial charge in [-0.1, -0.05) is 23.4 Å². The van der Waals surface area contributed by atoms with Crippen molar-refractivity contribution in [3.8, 4) is 0 Å². The molecule has 6 nitrogen and oxygen atoms in total. The van der Waals surface area contributed by atoms with Gasteiger partial charge in [-0.05, 0) is 39.7 Å². The summed E-state index contributed by atoms with van der Waals surface area (Å²) < 4.78 is 19.5. The van der Waals surface area contributed by atoms with Crippen LogP contribution in [0.4, 0.5) is 9.18 Å². The van der Waals surface area contributed by atoms with E-state index in [9.17, 15) is 9.18 Å². The van der Waals surface area contributed by atoms with Crippen molar-refractivity contribution in [2.24, 2.45) is 5.16 Å². The summed E-state index contributed by atoms with van der Waals surface area (Å²) in [5, 5.41) is 7.19. The van der Waals surface area contributed by atoms with E-state index in [1.165, 1.54) is 6.07 Å². The summed E-state index contributed by atoms with van der Waals surface area (Å²) in [7, 11) is 0. The lowest BCUT2D eigenvalue weighted by atomic mass is 9.98. The van der Waals surface area contributed by atoms with Crippen molar-refractivity contribution >= 4 is 23.1 Å². The molecule has 0 N–H and O–H groups in total. The van der Waals surface area contributed by atoms with Gasteiger partial charge < -0.3 is 14.5 Å². The highest BCUT2D eigenvalue weighted by atomic mass is 32.1. The van der Waals surface area contributed by atoms with Gasteiger partial charge in [-0.15, -0.1) is 11.3 Å². The van der Waals surface area contributed by atoms with Crippen LogP contribution >= 0.6 is 11.3 Å². The van der Waals surface area contributed by atoms with E-state index in [0.29, 0.717) is 31.0 Å². The number of likely N-dealkylation sites (tertiary alicyclic amines) is 1. The molecule has 4 rings (SSSR count). The molecule has 1 unspecified atom stereocenters. The number of amides is 1. The van der Waals surface area contributed by atoms with E-state index in [0.717, 1.165) is 29.3 Å². The summed E-state index contributed by atoms with van der Waals surface area (Å²) in [5.41, 5.74) is 1.57. The quantitative estimate of drug-likeness (QED) is 0.665. The van der Waals surface area contributed by atoms with Gasteiger partial charge in [0.05, 0.1) is 10.7 Å². The lowest BCUT2D eigenvalue weighted by Crippen LogP contribution is -2.41. The molecule has 1 atom stereocenters. The topological polar surface area (TPSA) is 64.0 Å². The monoisotopic (exact) mass is 431 g/mol. The zero-order chi connectivity index (χ0) is 21.3. The molecule has 2 aliphatic rings. The first-order valence-corrected chi connectivity index (χ1v) is 11.1. The maximum Gasteiger partial charge on any atom is 0.410 e. The lowest BCUT2D eigenvalue weighted by molar-refractivity contribution is 0.0205. The molecule has 0 saturated carbocycles. The van der Waals surface area contributed by atoms with E-state index in [1.807, 2.05) is 26.2 Å². The number of piperidine rings is 1. The molecule has 0 bridgehead atoms. The van der Waals surface area contributed by atoms with Crippen LogP contribution in [0.15, 0.2) is 34.8 Å². The second-order valence-corrected chi connectivity index (χ2v) is 9.56. The Morgan fingerprint density at radius 1 is 1.27 bits per heavy atom. The Kier molecular flexibility index (Phi) is 5.77. The summed E-state index contributed by atoms with van der Waals surface area (Å²) >= 11 is 1.61. The maximum atomic E-state index is 14.0. The van der Waals surface area contributed by atoms with Gasteiger partial charge in [-0.25, -0.2) is 14.2 Å². The zero-order valence-electron chi connectivity index (χ0n) is 17.4. The SMILES string of the molecule is CC(C)(C)OC(=O)N1CCC(c2nc(C3=NOC(c4ccccc4F)C3)cs2)CC1. The molecular weight excluding hydrogens is 405 g/mol. The second kappa shape index (κ2) is 8.34. The van der Waals surface area contributed by atoms with Gasteiger partial charge in [0.1, 0.15) is 17.1 Å². The predicted molar refractivity (Wildman–Crippen MR) is 113 cm³/mol. The van der Waals surface area contributed by atoms with E-state index < -0.39 is 11.7 Å². The normalized spacial score (nSPS) is 20.1. The van der Waals surface area contributed by atoms with Crippen LogP contribution in [0.3, 0.4) is 0 Å². The third-order valence-electron chi connectivity index (χ3n) is 5.23. The summed E-state index contributed by atoms with van der Waals surface area (Å²) in [6, 6.07) is 6.62. The smallest absolute Gasteiger partial charge is 0.410 e. The van der Waals surface area contributed by atoms with Crippen LogP contribution in [0.2, 0.25) is 0 Å². The molecule has 8 heteroatoms. The summed E-state index contributed by atoms with van der Waals surface area (Å²) in [6.07, 6.45) is 1.54. The number of hydrogen-bond donors (Lipinski definition) is 0. The Balaban J connectivity index is 1.34. The average Bonchev–Trinajstić information content (AvgIpc) is 3.37. The molecule has 0 spiro atoms. The highest BCUT2D eigenvalue weighted by Gasteiger charge is 2.31. The fraction of sp³-hybridized carbons (Fsp3) is 0.500. The van der Waals surface area contributed by atoms with Gasteiger partial charge >= 0.3 is 6.09 Å². The van der Waals surface area contributed by atoms with Crippen molar-refractivity contribution in [2.45, 2.75) is 57.7 Å². The average molecular weight is 432 g/mol. The molecule has 3 heterocycles. The standard InChI is InChI=1S/C22H26FN3O3S/c1-22(2,3)28-21(27)26-10-8-14(9-11-26)20-24-18(13-30-20)17-12-19(29-25-17)15-6-4-5-7-16(15)23/h4-7,13-14,19H,8-12H2,1-3H3. The van der Waals surface area contributed by atoms with Crippen molar-refractivity contribution in [1.29, 1.82) is 0 Å². The van der Waals surface area contributed by atoms with Crippen molar-refractivity contribution in [3.05, 3.63) is 51.7 Å². The molecule has 0 radical (unpaired) electrons. The second-order valence-electron chi connectivity index (χ2n) is 8.67. The highest BCUT2D eigenvalue weighted by molar-refractivity contribution is 7.10. The molecule has 160 valence electrons. The molecule has 1 aromatic carbocycles. The Bertz CT molecular complexity index is 945. The number of rotatable bonds is 3. The first-order chi connectivity index (χ1) is 14.3. The minimum Gasteiger partial charge on any atom is -0.444 e. The fourth-order valence-corrected chi connectivity index (χ4v) is 4.68. The number of thiazole rings is 1. The Morgan fingerprint density at radius 2 is 2.00 bits per heavy atom. The van der Waals surface area contributed by atoms with E-state index in [1.54, 1.807) is 34.4 Å². The largest absolute Gasteiger partial charge is 0.444 e. The third kappa shape index (κ3) is 4.64. The molecular formula is C22H26FN3O3S. The minimum absolute atomic E-state index is 0.252. The number of carbonyl (C=O) groups is 1. The van der Waals surface area contributed by atoms with Crippen LogP contribution < -0.4 is 0 Å². The Hall–Kier alpha value is -2.48. The number of aromatic nitrogens is 1. The molecule has 1 saturated heterocycles. The summed E-state index contributed by atoms with van der Waals surface area (Å²) in [4.78, 5) is 24.3. The van der Waals surface area contributed by atoms with E-state index in [2.05, 4.69) is 5.16 Å². The number of benzene rings is 1. The van der Waals surface area contributed by atoms with Crippen LogP contribution in [0, 0.1) is 5.82 Å². The first-order valence-electron chi connectivity index (χ1n) is 10.2. The summed E-state index contributed by atoms with van der Waals surface area (Å²) in [6.45, 7) is 6.95. The number of nitrogens with zero attached hydrogens (tertiary/aromatic N) is 3. The molecule has 2 aromatic rings. The molecule has 2 aliphatic heterocycles. The molecule has 1 fully saturated rings. The van der Waals surface area contributed by atoms with Gasteiger partial charge in [0.2, 0.25) is 0 Å². The maximum absolute atomic E-state index is 14.0. The molecule has 30 heavy (non-hydrogen) atoms. The van der Waals surface area contributed by atoms with Crippen molar-refractivity contribution in [3.63, 3.8) is 0 Å². The van der Waals surface area contributed by atoms with Crippen LogP contribution in [0.1, 0.15) is 68.3 Å². The van der Waals surface area contributed by atoms with Crippen LogP contribution in [0.5, 0.6) is 0 Å². The number of oxime groups is 1.